The topological polar surface area (TPSA) is 63.6 Å². The Morgan fingerprint density at radius 3 is 2.28 bits per heavy atom. The zero-order valence-electron chi connectivity index (χ0n) is 10.9. The number of benzene rings is 1. The zero-order valence-corrected chi connectivity index (χ0v) is 10.9. The van der Waals surface area contributed by atoms with Crippen molar-refractivity contribution in [1.82, 2.24) is 0 Å². The lowest BCUT2D eigenvalue weighted by Crippen LogP contribution is -2.28. The molecule has 0 unspecified atom stereocenters. The summed E-state index contributed by atoms with van der Waals surface area (Å²) in [6.07, 6.45) is 0.0422. The van der Waals surface area contributed by atoms with Crippen molar-refractivity contribution in [2.24, 2.45) is 5.41 Å². The van der Waals surface area contributed by atoms with Gasteiger partial charge in [0.25, 0.3) is 0 Å². The SMILES string of the molecule is CCOC(=O)CC(C)(C)C(=O)c1ccc(O)cc1. The van der Waals surface area contributed by atoms with E-state index in [1.165, 1.54) is 12.1 Å². The summed E-state index contributed by atoms with van der Waals surface area (Å²) in [7, 11) is 0. The predicted molar refractivity (Wildman–Crippen MR) is 67.5 cm³/mol. The lowest BCUT2D eigenvalue weighted by molar-refractivity contribution is -0.144. The van der Waals surface area contributed by atoms with Gasteiger partial charge in [-0.05, 0) is 31.2 Å². The molecule has 4 heteroatoms. The average molecular weight is 250 g/mol. The fourth-order valence-electron chi connectivity index (χ4n) is 1.66. The molecule has 0 atom stereocenters. The number of hydrogen-bond acceptors (Lipinski definition) is 4. The van der Waals surface area contributed by atoms with Crippen LogP contribution in [0.25, 0.3) is 0 Å². The third-order valence-corrected chi connectivity index (χ3v) is 2.64. The highest BCUT2D eigenvalue weighted by molar-refractivity contribution is 6.01. The van der Waals surface area contributed by atoms with Crippen molar-refractivity contribution in [3.8, 4) is 5.75 Å². The molecule has 0 aliphatic carbocycles. The van der Waals surface area contributed by atoms with E-state index in [1.807, 2.05) is 0 Å². The Morgan fingerprint density at radius 1 is 1.22 bits per heavy atom. The maximum Gasteiger partial charge on any atom is 0.306 e. The highest BCUT2D eigenvalue weighted by Gasteiger charge is 2.31. The number of aromatic hydroxyl groups is 1. The van der Waals surface area contributed by atoms with E-state index >= 15 is 0 Å². The van der Waals surface area contributed by atoms with Crippen molar-refractivity contribution in [1.29, 1.82) is 0 Å². The molecule has 0 radical (unpaired) electrons. The first-order valence-electron chi connectivity index (χ1n) is 5.86. The molecule has 0 aliphatic rings. The summed E-state index contributed by atoms with van der Waals surface area (Å²) in [5.74, 6) is -0.417. The van der Waals surface area contributed by atoms with E-state index < -0.39 is 5.41 Å². The Morgan fingerprint density at radius 2 is 1.78 bits per heavy atom. The molecule has 0 saturated carbocycles. The standard InChI is InChI=1S/C14H18O4/c1-4-18-12(16)9-14(2,3)13(17)10-5-7-11(15)8-6-10/h5-8,15H,4,9H2,1-3H3. The van der Waals surface area contributed by atoms with Gasteiger partial charge >= 0.3 is 5.97 Å². The van der Waals surface area contributed by atoms with E-state index in [4.69, 9.17) is 4.74 Å². The Bertz CT molecular complexity index is 432. The number of phenolic OH excluding ortho intramolecular Hbond substituents is 1. The first-order valence-corrected chi connectivity index (χ1v) is 5.86. The molecule has 18 heavy (non-hydrogen) atoms. The van der Waals surface area contributed by atoms with Crippen LogP contribution in [0.15, 0.2) is 24.3 Å². The van der Waals surface area contributed by atoms with Gasteiger partial charge in [0, 0.05) is 11.0 Å². The number of phenols is 1. The van der Waals surface area contributed by atoms with Crippen LogP contribution >= 0.6 is 0 Å². The van der Waals surface area contributed by atoms with E-state index in [-0.39, 0.29) is 23.9 Å². The van der Waals surface area contributed by atoms with Gasteiger partial charge in [0.1, 0.15) is 5.75 Å². The molecule has 0 fully saturated rings. The fraction of sp³-hybridized carbons (Fsp3) is 0.429. The highest BCUT2D eigenvalue weighted by atomic mass is 16.5. The smallest absolute Gasteiger partial charge is 0.306 e. The lowest BCUT2D eigenvalue weighted by Gasteiger charge is -2.21. The Labute approximate surface area is 107 Å². The molecule has 1 rings (SSSR count). The van der Waals surface area contributed by atoms with Crippen LogP contribution in [0.3, 0.4) is 0 Å². The number of carbonyl (C=O) groups is 2. The van der Waals surface area contributed by atoms with Gasteiger partial charge < -0.3 is 9.84 Å². The van der Waals surface area contributed by atoms with Crippen LogP contribution in [0.5, 0.6) is 5.75 Å². The summed E-state index contributed by atoms with van der Waals surface area (Å²) in [6.45, 7) is 5.45. The number of rotatable bonds is 5. The molecule has 98 valence electrons. The minimum Gasteiger partial charge on any atom is -0.508 e. The van der Waals surface area contributed by atoms with Crippen LogP contribution in [0.2, 0.25) is 0 Å². The second-order valence-electron chi connectivity index (χ2n) is 4.74. The maximum absolute atomic E-state index is 12.2. The molecule has 0 aliphatic heterocycles. The maximum atomic E-state index is 12.2. The van der Waals surface area contributed by atoms with Crippen LogP contribution in [0.1, 0.15) is 37.6 Å². The molecule has 1 aromatic rings. The van der Waals surface area contributed by atoms with Gasteiger partial charge in [0.05, 0.1) is 13.0 Å². The van der Waals surface area contributed by atoms with Crippen molar-refractivity contribution in [2.45, 2.75) is 27.2 Å². The molecule has 0 spiro atoms. The fourth-order valence-corrected chi connectivity index (χ4v) is 1.66. The quantitative estimate of drug-likeness (QED) is 0.644. The first kappa shape index (κ1) is 14.2. The summed E-state index contributed by atoms with van der Waals surface area (Å²) in [4.78, 5) is 23.7. The van der Waals surface area contributed by atoms with Crippen LogP contribution in [-0.4, -0.2) is 23.5 Å². The summed E-state index contributed by atoms with van der Waals surface area (Å²) < 4.78 is 4.85. The van der Waals surface area contributed by atoms with Crippen LogP contribution in [-0.2, 0) is 9.53 Å². The van der Waals surface area contributed by atoms with Gasteiger partial charge in [-0.15, -0.1) is 0 Å². The van der Waals surface area contributed by atoms with Crippen molar-refractivity contribution in [3.05, 3.63) is 29.8 Å². The molecule has 1 N–H and O–H groups in total. The van der Waals surface area contributed by atoms with Crippen molar-refractivity contribution >= 4 is 11.8 Å². The number of hydrogen-bond donors (Lipinski definition) is 1. The second kappa shape index (κ2) is 5.67. The van der Waals surface area contributed by atoms with E-state index in [1.54, 1.807) is 32.9 Å². The Kier molecular flexibility index (Phi) is 4.48. The monoisotopic (exact) mass is 250 g/mol. The van der Waals surface area contributed by atoms with Gasteiger partial charge in [-0.2, -0.15) is 0 Å². The Balaban J connectivity index is 2.81. The van der Waals surface area contributed by atoms with Crippen molar-refractivity contribution in [2.75, 3.05) is 6.61 Å². The van der Waals surface area contributed by atoms with Gasteiger partial charge in [0.15, 0.2) is 5.78 Å². The largest absolute Gasteiger partial charge is 0.508 e. The van der Waals surface area contributed by atoms with Crippen molar-refractivity contribution in [3.63, 3.8) is 0 Å². The molecule has 0 amide bonds. The normalized spacial score (nSPS) is 11.1. The summed E-state index contributed by atoms with van der Waals surface area (Å²) in [5, 5.41) is 9.17. The predicted octanol–water partition coefficient (Wildman–Crippen LogP) is 2.55. The number of ether oxygens (including phenoxy) is 1. The van der Waals surface area contributed by atoms with Gasteiger partial charge in [-0.1, -0.05) is 13.8 Å². The average Bonchev–Trinajstić information content (AvgIpc) is 2.28. The summed E-state index contributed by atoms with van der Waals surface area (Å²) in [6, 6.07) is 6.00. The number of carbonyl (C=O) groups excluding carboxylic acids is 2. The number of ketones is 1. The van der Waals surface area contributed by atoms with Crippen molar-refractivity contribution < 1.29 is 19.4 Å². The molecule has 0 aromatic heterocycles. The van der Waals surface area contributed by atoms with Gasteiger partial charge in [-0.3, -0.25) is 9.59 Å². The third-order valence-electron chi connectivity index (χ3n) is 2.64. The summed E-state index contributed by atoms with van der Waals surface area (Å²) in [5.41, 5.74) is -0.342. The molecule has 1 aromatic carbocycles. The van der Waals surface area contributed by atoms with E-state index in [9.17, 15) is 14.7 Å². The number of Topliss-reactive ketones (excluding diaryl/α,β-unsaturated/α-hetero) is 1. The molecule has 4 nitrogen and oxygen atoms in total. The summed E-state index contributed by atoms with van der Waals surface area (Å²) >= 11 is 0. The van der Waals surface area contributed by atoms with Gasteiger partial charge in [-0.25, -0.2) is 0 Å². The Hall–Kier alpha value is -1.84. The zero-order chi connectivity index (χ0) is 13.8. The van der Waals surface area contributed by atoms with E-state index in [0.29, 0.717) is 12.2 Å². The minimum absolute atomic E-state index is 0.0422. The highest BCUT2D eigenvalue weighted by Crippen LogP contribution is 2.27. The van der Waals surface area contributed by atoms with Crippen LogP contribution in [0, 0.1) is 5.41 Å². The lowest BCUT2D eigenvalue weighted by atomic mass is 9.81. The van der Waals surface area contributed by atoms with E-state index in [2.05, 4.69) is 0 Å². The minimum atomic E-state index is -0.816. The van der Waals surface area contributed by atoms with E-state index in [0.717, 1.165) is 0 Å². The first-order chi connectivity index (χ1) is 8.36. The van der Waals surface area contributed by atoms with Crippen LogP contribution < -0.4 is 0 Å². The molecule has 0 heterocycles. The molecule has 0 saturated heterocycles. The number of esters is 1. The molecular formula is C14H18O4. The second-order valence-corrected chi connectivity index (χ2v) is 4.74. The van der Waals surface area contributed by atoms with Gasteiger partial charge in [0.2, 0.25) is 0 Å². The van der Waals surface area contributed by atoms with Crippen LogP contribution in [0.4, 0.5) is 0 Å². The molecule has 0 bridgehead atoms. The third kappa shape index (κ3) is 3.58. The molecular weight excluding hydrogens is 232 g/mol.